The summed E-state index contributed by atoms with van der Waals surface area (Å²) in [5.41, 5.74) is 8.75. The van der Waals surface area contributed by atoms with E-state index in [-0.39, 0.29) is 23.1 Å². The maximum absolute atomic E-state index is 13.0. The molecule has 8 nitrogen and oxygen atoms in total. The molecule has 1 aromatic heterocycles. The molecule has 1 fully saturated rings. The molecule has 1 saturated heterocycles. The first kappa shape index (κ1) is 22.3. The first-order valence-corrected chi connectivity index (χ1v) is 10.6. The molecule has 170 valence electrons. The highest BCUT2D eigenvalue weighted by atomic mass is 16.5. The van der Waals surface area contributed by atoms with Crippen molar-refractivity contribution in [2.45, 2.75) is 25.9 Å². The molecule has 4 rings (SSSR count). The van der Waals surface area contributed by atoms with Crippen LogP contribution in [0.2, 0.25) is 0 Å². The number of nitrogens with one attached hydrogen (secondary N) is 1. The summed E-state index contributed by atoms with van der Waals surface area (Å²) in [7, 11) is 0. The van der Waals surface area contributed by atoms with Gasteiger partial charge in [-0.3, -0.25) is 9.79 Å². The molecule has 2 heterocycles. The van der Waals surface area contributed by atoms with Gasteiger partial charge in [-0.15, -0.1) is 0 Å². The highest BCUT2D eigenvalue weighted by molar-refractivity contribution is 6.09. The number of fused-ring (bicyclic) bond motifs is 1. The molecule has 4 N–H and O–H groups in total. The zero-order chi connectivity index (χ0) is 23.5. The van der Waals surface area contributed by atoms with Gasteiger partial charge in [0.15, 0.2) is 5.43 Å². The second kappa shape index (κ2) is 9.30. The number of aliphatic imine (C=N–C) groups is 1. The predicted molar refractivity (Wildman–Crippen MR) is 128 cm³/mol. The van der Waals surface area contributed by atoms with Gasteiger partial charge >= 0.3 is 5.97 Å². The smallest absolute Gasteiger partial charge is 0.337 e. The molecular formula is C25H25N3O5. The Hall–Kier alpha value is -3.91. The van der Waals surface area contributed by atoms with Crippen LogP contribution in [-0.2, 0) is 4.74 Å². The van der Waals surface area contributed by atoms with Crippen molar-refractivity contribution in [3.63, 3.8) is 0 Å². The Labute approximate surface area is 190 Å². The van der Waals surface area contributed by atoms with E-state index in [2.05, 4.69) is 10.3 Å². The van der Waals surface area contributed by atoms with E-state index in [1.54, 1.807) is 30.5 Å². The average Bonchev–Trinajstić information content (AvgIpc) is 2.75. The molecule has 1 aliphatic heterocycles. The number of nitrogens with zero attached hydrogens (tertiary/aromatic N) is 1. The molecule has 3 aromatic rings. The van der Waals surface area contributed by atoms with Gasteiger partial charge in [-0.2, -0.15) is 0 Å². The number of hydrogen-bond donors (Lipinski definition) is 3. The fourth-order valence-corrected chi connectivity index (χ4v) is 3.69. The standard InChI is InChI=1S/C25H25N3O5/c1-14-7-19(15(2)28-21-6-4-3-5-18(21)25(30)31)24-20(8-14)22(29)9-23(33-24)16(10-26)11-27-17-12-32-13-17/h3-11,15,17,28H,12-13,26H2,1-2H3,(H,30,31). The number of nitrogens with two attached hydrogens (primary N) is 1. The fourth-order valence-electron chi connectivity index (χ4n) is 3.69. The van der Waals surface area contributed by atoms with Crippen LogP contribution in [0.5, 0.6) is 0 Å². The third-order valence-electron chi connectivity index (χ3n) is 5.51. The normalized spacial score (nSPS) is 15.5. The van der Waals surface area contributed by atoms with E-state index in [0.717, 1.165) is 11.1 Å². The maximum Gasteiger partial charge on any atom is 0.337 e. The topological polar surface area (TPSA) is 127 Å². The van der Waals surface area contributed by atoms with Crippen LogP contribution in [0.1, 0.15) is 40.2 Å². The lowest BCUT2D eigenvalue weighted by Gasteiger charge is -2.21. The lowest BCUT2D eigenvalue weighted by atomic mass is 10.00. The minimum atomic E-state index is -1.03. The summed E-state index contributed by atoms with van der Waals surface area (Å²) in [5, 5.41) is 13.2. The van der Waals surface area contributed by atoms with Crippen LogP contribution < -0.4 is 16.5 Å². The summed E-state index contributed by atoms with van der Waals surface area (Å²) in [5.74, 6) is -0.718. The molecule has 0 aliphatic carbocycles. The van der Waals surface area contributed by atoms with Crippen molar-refractivity contribution in [3.8, 4) is 0 Å². The Morgan fingerprint density at radius 3 is 2.70 bits per heavy atom. The van der Waals surface area contributed by atoms with Gasteiger partial charge in [-0.1, -0.05) is 18.2 Å². The molecule has 0 saturated carbocycles. The summed E-state index contributed by atoms with van der Waals surface area (Å²) in [6, 6.07) is 11.5. The van der Waals surface area contributed by atoms with Crippen molar-refractivity contribution in [2.75, 3.05) is 18.5 Å². The number of benzene rings is 2. The van der Waals surface area contributed by atoms with E-state index in [4.69, 9.17) is 14.9 Å². The second-order valence-corrected chi connectivity index (χ2v) is 8.01. The van der Waals surface area contributed by atoms with E-state index >= 15 is 0 Å². The summed E-state index contributed by atoms with van der Waals surface area (Å²) >= 11 is 0. The molecule has 0 amide bonds. The van der Waals surface area contributed by atoms with Crippen LogP contribution in [0.3, 0.4) is 0 Å². The number of aromatic carboxylic acids is 1. The van der Waals surface area contributed by atoms with Crippen LogP contribution in [0, 0.1) is 6.92 Å². The van der Waals surface area contributed by atoms with Gasteiger partial charge in [-0.25, -0.2) is 4.79 Å². The van der Waals surface area contributed by atoms with E-state index in [1.165, 1.54) is 18.3 Å². The highest BCUT2D eigenvalue weighted by Gasteiger charge is 2.19. The van der Waals surface area contributed by atoms with Gasteiger partial charge in [0, 0.05) is 29.7 Å². The van der Waals surface area contributed by atoms with E-state index < -0.39 is 5.97 Å². The van der Waals surface area contributed by atoms with Crippen LogP contribution in [-0.4, -0.2) is 36.5 Å². The van der Waals surface area contributed by atoms with Crippen molar-refractivity contribution < 1.29 is 19.1 Å². The molecule has 0 bridgehead atoms. The summed E-state index contributed by atoms with van der Waals surface area (Å²) in [6.45, 7) is 4.89. The third-order valence-corrected chi connectivity index (χ3v) is 5.51. The number of anilines is 1. The SMILES string of the molecule is Cc1cc(C(C)Nc2ccccc2C(=O)O)c2oc(C(C=NC3COC3)=CN)cc(=O)c2c1. The first-order valence-electron chi connectivity index (χ1n) is 10.6. The van der Waals surface area contributed by atoms with Gasteiger partial charge in [0.2, 0.25) is 0 Å². The van der Waals surface area contributed by atoms with Gasteiger partial charge in [0.1, 0.15) is 11.3 Å². The van der Waals surface area contributed by atoms with Crippen molar-refractivity contribution in [3.05, 3.63) is 81.3 Å². The summed E-state index contributed by atoms with van der Waals surface area (Å²) in [6.07, 6.45) is 2.95. The first-order chi connectivity index (χ1) is 15.9. The number of carboxylic acid groups (broad SMARTS) is 1. The lowest BCUT2D eigenvalue weighted by molar-refractivity contribution is 0.0135. The molecule has 8 heteroatoms. The second-order valence-electron chi connectivity index (χ2n) is 8.01. The Kier molecular flexibility index (Phi) is 6.28. The summed E-state index contributed by atoms with van der Waals surface area (Å²) in [4.78, 5) is 29.0. The van der Waals surface area contributed by atoms with E-state index in [0.29, 0.717) is 41.2 Å². The van der Waals surface area contributed by atoms with Gasteiger partial charge in [0.25, 0.3) is 0 Å². The van der Waals surface area contributed by atoms with Crippen molar-refractivity contribution in [2.24, 2.45) is 10.7 Å². The number of aryl methyl sites for hydroxylation is 1. The van der Waals surface area contributed by atoms with Crippen LogP contribution in [0.25, 0.3) is 16.5 Å². The highest BCUT2D eigenvalue weighted by Crippen LogP contribution is 2.30. The Morgan fingerprint density at radius 2 is 2.03 bits per heavy atom. The van der Waals surface area contributed by atoms with Crippen molar-refractivity contribution in [1.82, 2.24) is 0 Å². The van der Waals surface area contributed by atoms with Crippen molar-refractivity contribution in [1.29, 1.82) is 0 Å². The third kappa shape index (κ3) is 4.65. The molecule has 33 heavy (non-hydrogen) atoms. The lowest BCUT2D eigenvalue weighted by Crippen LogP contribution is -2.31. The number of allylic oxidation sites excluding steroid dienone is 1. The number of hydrogen-bond acceptors (Lipinski definition) is 7. The monoisotopic (exact) mass is 447 g/mol. The van der Waals surface area contributed by atoms with Gasteiger partial charge < -0.3 is 25.3 Å². The molecule has 1 unspecified atom stereocenters. The number of carboxylic acids is 1. The molecule has 0 spiro atoms. The molecule has 2 aromatic carbocycles. The minimum Gasteiger partial charge on any atom is -0.478 e. The number of rotatable bonds is 7. The van der Waals surface area contributed by atoms with E-state index in [1.807, 2.05) is 19.9 Å². The maximum atomic E-state index is 13.0. The zero-order valence-corrected chi connectivity index (χ0v) is 18.4. The van der Waals surface area contributed by atoms with Crippen LogP contribution >= 0.6 is 0 Å². The van der Waals surface area contributed by atoms with Crippen LogP contribution in [0.4, 0.5) is 5.69 Å². The number of carbonyl (C=O) groups is 1. The number of ether oxygens (including phenoxy) is 1. The van der Waals surface area contributed by atoms with Crippen molar-refractivity contribution >= 4 is 34.4 Å². The minimum absolute atomic E-state index is 0.0730. The van der Waals surface area contributed by atoms with Gasteiger partial charge in [-0.05, 0) is 37.6 Å². The predicted octanol–water partition coefficient (Wildman–Crippen LogP) is 3.74. The fraction of sp³-hybridized carbons (Fsp3) is 0.240. The van der Waals surface area contributed by atoms with Crippen LogP contribution in [0.15, 0.2) is 62.9 Å². The quantitative estimate of drug-likeness (QED) is 0.471. The molecule has 1 atom stereocenters. The number of para-hydroxylation sites is 1. The van der Waals surface area contributed by atoms with Gasteiger partial charge in [0.05, 0.1) is 41.8 Å². The summed E-state index contributed by atoms with van der Waals surface area (Å²) < 4.78 is 11.3. The molecule has 1 aliphatic rings. The molecule has 0 radical (unpaired) electrons. The largest absolute Gasteiger partial charge is 0.478 e. The van der Waals surface area contributed by atoms with E-state index in [9.17, 15) is 14.7 Å². The Morgan fingerprint density at radius 1 is 1.27 bits per heavy atom. The Balaban J connectivity index is 1.77. The average molecular weight is 447 g/mol. The Bertz CT molecular complexity index is 1320. The zero-order valence-electron chi connectivity index (χ0n) is 18.4. The molecular weight excluding hydrogens is 422 g/mol.